The van der Waals surface area contributed by atoms with Crippen LogP contribution in [0, 0.1) is 0 Å². The molecule has 172 valence electrons. The highest BCUT2D eigenvalue weighted by Gasteiger charge is 2.37. The maximum atomic E-state index is 2.55. The molecule has 0 fully saturated rings. The van der Waals surface area contributed by atoms with Crippen LogP contribution in [0.25, 0.3) is 11.1 Å². The number of hydrogen-bond acceptors (Lipinski definition) is 0. The third kappa shape index (κ3) is 3.49. The van der Waals surface area contributed by atoms with E-state index in [2.05, 4.69) is 136 Å². The monoisotopic (exact) mass is 468 g/mol. The highest BCUT2D eigenvalue weighted by atomic mass is 28.3. The van der Waals surface area contributed by atoms with Crippen molar-refractivity contribution in [1.29, 1.82) is 0 Å². The highest BCUT2D eigenvalue weighted by Crippen LogP contribution is 2.41. The Balaban J connectivity index is 1.48. The summed E-state index contributed by atoms with van der Waals surface area (Å²) in [6.07, 6.45) is 4.95. The third-order valence-corrected chi connectivity index (χ3v) is 11.6. The highest BCUT2D eigenvalue weighted by molar-refractivity contribution is 7.01. The number of allylic oxidation sites excluding steroid dienone is 2. The molecule has 4 aromatic rings. The zero-order chi connectivity index (χ0) is 24.2. The van der Waals surface area contributed by atoms with Crippen molar-refractivity contribution < 1.29 is 0 Å². The van der Waals surface area contributed by atoms with Crippen molar-refractivity contribution in [3.63, 3.8) is 0 Å². The predicted molar refractivity (Wildman–Crippen MR) is 154 cm³/mol. The van der Waals surface area contributed by atoms with Gasteiger partial charge >= 0.3 is 0 Å². The van der Waals surface area contributed by atoms with Gasteiger partial charge in [-0.1, -0.05) is 147 Å². The van der Waals surface area contributed by atoms with Crippen molar-refractivity contribution in [2.45, 2.75) is 38.8 Å². The second-order valence-electron chi connectivity index (χ2n) is 10.6. The first-order chi connectivity index (χ1) is 17.0. The summed E-state index contributed by atoms with van der Waals surface area (Å²) >= 11 is 0. The molecule has 0 nitrogen and oxygen atoms in total. The van der Waals surface area contributed by atoms with Crippen LogP contribution >= 0.6 is 0 Å². The lowest BCUT2D eigenvalue weighted by Gasteiger charge is -2.31. The van der Waals surface area contributed by atoms with Gasteiger partial charge in [0.1, 0.15) is 8.07 Å². The Morgan fingerprint density at radius 2 is 0.886 bits per heavy atom. The van der Waals surface area contributed by atoms with Crippen LogP contribution < -0.4 is 10.4 Å². The van der Waals surface area contributed by atoms with Crippen molar-refractivity contribution in [2.24, 2.45) is 0 Å². The molecule has 0 saturated heterocycles. The standard InChI is InChI=1S/C34H32Si/c1-23-21-29(25-13-7-5-8-14-25)27-17-11-19-31(33(23)27)35(3,4)32-20-12-18-28-30(22-24(2)34(28)32)26-15-9-6-10-16-26/h5-24H,1-4H3. The second kappa shape index (κ2) is 8.36. The summed E-state index contributed by atoms with van der Waals surface area (Å²) in [5, 5.41) is 3.16. The summed E-state index contributed by atoms with van der Waals surface area (Å²) in [7, 11) is -1.98. The quantitative estimate of drug-likeness (QED) is 0.270. The Kier molecular flexibility index (Phi) is 5.27. The van der Waals surface area contributed by atoms with Crippen LogP contribution in [0.15, 0.2) is 109 Å². The Hall–Kier alpha value is -3.42. The van der Waals surface area contributed by atoms with Gasteiger partial charge in [0.2, 0.25) is 0 Å². The van der Waals surface area contributed by atoms with Crippen LogP contribution in [-0.2, 0) is 0 Å². The van der Waals surface area contributed by atoms with Gasteiger partial charge in [-0.3, -0.25) is 0 Å². The Labute approximate surface area is 210 Å². The van der Waals surface area contributed by atoms with E-state index in [1.807, 2.05) is 0 Å². The smallest absolute Gasteiger partial charge is 0.0688 e. The van der Waals surface area contributed by atoms with E-state index in [-0.39, 0.29) is 0 Å². The van der Waals surface area contributed by atoms with Crippen molar-refractivity contribution in [3.8, 4) is 0 Å². The predicted octanol–water partition coefficient (Wildman–Crippen LogP) is 7.61. The van der Waals surface area contributed by atoms with Gasteiger partial charge in [0.15, 0.2) is 0 Å². The average Bonchev–Trinajstić information content (AvgIpc) is 3.42. The van der Waals surface area contributed by atoms with Crippen LogP contribution in [0.3, 0.4) is 0 Å². The Morgan fingerprint density at radius 1 is 0.486 bits per heavy atom. The number of fused-ring (bicyclic) bond motifs is 2. The molecule has 0 radical (unpaired) electrons. The second-order valence-corrected chi connectivity index (χ2v) is 15.0. The molecule has 0 heterocycles. The fourth-order valence-corrected chi connectivity index (χ4v) is 9.79. The van der Waals surface area contributed by atoms with Gasteiger partial charge in [0, 0.05) is 11.8 Å². The lowest BCUT2D eigenvalue weighted by molar-refractivity contribution is 0.993. The van der Waals surface area contributed by atoms with E-state index in [0.29, 0.717) is 11.8 Å². The molecule has 4 aromatic carbocycles. The van der Waals surface area contributed by atoms with E-state index >= 15 is 0 Å². The molecule has 0 saturated carbocycles. The van der Waals surface area contributed by atoms with Crippen molar-refractivity contribution in [2.75, 3.05) is 0 Å². The van der Waals surface area contributed by atoms with E-state index < -0.39 is 8.07 Å². The van der Waals surface area contributed by atoms with Crippen molar-refractivity contribution in [3.05, 3.63) is 143 Å². The van der Waals surface area contributed by atoms with Gasteiger partial charge in [-0.2, -0.15) is 0 Å². The summed E-state index contributed by atoms with van der Waals surface area (Å²) in [6, 6.07) is 35.8. The van der Waals surface area contributed by atoms with Crippen LogP contribution in [0.2, 0.25) is 13.1 Å². The molecular weight excluding hydrogens is 436 g/mol. The molecule has 0 bridgehead atoms. The fraction of sp³-hybridized carbons (Fsp3) is 0.176. The molecule has 0 spiro atoms. The van der Waals surface area contributed by atoms with E-state index in [9.17, 15) is 0 Å². The first kappa shape index (κ1) is 22.1. The summed E-state index contributed by atoms with van der Waals surface area (Å²) in [5.74, 6) is 0.853. The largest absolute Gasteiger partial charge is 0.113 e. The minimum atomic E-state index is -1.98. The summed E-state index contributed by atoms with van der Waals surface area (Å²) in [4.78, 5) is 0. The van der Waals surface area contributed by atoms with Crippen LogP contribution in [-0.4, -0.2) is 8.07 Å². The first-order valence-electron chi connectivity index (χ1n) is 12.8. The normalized spacial score (nSPS) is 18.6. The average molecular weight is 469 g/mol. The van der Waals surface area contributed by atoms with Crippen LogP contribution in [0.1, 0.15) is 59.1 Å². The molecule has 0 aromatic heterocycles. The van der Waals surface area contributed by atoms with Gasteiger partial charge in [-0.25, -0.2) is 0 Å². The number of benzene rings is 4. The Bertz CT molecular complexity index is 1360. The van der Waals surface area contributed by atoms with E-state index in [0.717, 1.165) is 0 Å². The molecular formula is C34H32Si. The molecule has 6 rings (SSSR count). The maximum Gasteiger partial charge on any atom is 0.113 e. The molecule has 0 N–H and O–H groups in total. The minimum Gasteiger partial charge on any atom is -0.0688 e. The van der Waals surface area contributed by atoms with E-state index in [1.54, 1.807) is 21.5 Å². The van der Waals surface area contributed by atoms with Crippen molar-refractivity contribution in [1.82, 2.24) is 0 Å². The maximum absolute atomic E-state index is 2.55. The zero-order valence-electron chi connectivity index (χ0n) is 21.0. The SMILES string of the molecule is CC1C=C(c2ccccc2)c2cccc([Si](C)(C)c3cccc4c3C(C)C=C4c3ccccc3)c21. The first-order valence-corrected chi connectivity index (χ1v) is 15.8. The Morgan fingerprint density at radius 3 is 1.29 bits per heavy atom. The van der Waals surface area contributed by atoms with Crippen LogP contribution in [0.5, 0.6) is 0 Å². The lowest BCUT2D eigenvalue weighted by Crippen LogP contribution is -2.56. The van der Waals surface area contributed by atoms with Gasteiger partial charge in [0.25, 0.3) is 0 Å². The molecule has 2 aliphatic rings. The third-order valence-electron chi connectivity index (χ3n) is 8.05. The summed E-state index contributed by atoms with van der Waals surface area (Å²) < 4.78 is 0. The van der Waals surface area contributed by atoms with E-state index in [1.165, 1.54) is 33.4 Å². The number of hydrogen-bond donors (Lipinski definition) is 0. The van der Waals surface area contributed by atoms with Gasteiger partial charge in [-0.05, 0) is 44.5 Å². The molecule has 0 amide bonds. The molecule has 35 heavy (non-hydrogen) atoms. The lowest BCUT2D eigenvalue weighted by atomic mass is 9.98. The minimum absolute atomic E-state index is 0.426. The molecule has 2 unspecified atom stereocenters. The fourth-order valence-electron chi connectivity index (χ4n) is 6.40. The van der Waals surface area contributed by atoms with Gasteiger partial charge < -0.3 is 0 Å². The van der Waals surface area contributed by atoms with Gasteiger partial charge in [0.05, 0.1) is 0 Å². The molecule has 1 heteroatoms. The van der Waals surface area contributed by atoms with Crippen LogP contribution in [0.4, 0.5) is 0 Å². The van der Waals surface area contributed by atoms with E-state index in [4.69, 9.17) is 0 Å². The molecule has 2 aliphatic carbocycles. The molecule has 0 aliphatic heterocycles. The topological polar surface area (TPSA) is 0 Å². The number of rotatable bonds is 4. The van der Waals surface area contributed by atoms with Gasteiger partial charge in [-0.15, -0.1) is 0 Å². The molecule has 2 atom stereocenters. The zero-order valence-corrected chi connectivity index (χ0v) is 22.0. The summed E-state index contributed by atoms with van der Waals surface area (Å²) in [6.45, 7) is 9.85. The summed E-state index contributed by atoms with van der Waals surface area (Å²) in [5.41, 5.74) is 11.3. The van der Waals surface area contributed by atoms with Crippen molar-refractivity contribution >= 4 is 29.6 Å².